The Labute approximate surface area is 381 Å². The Hall–Kier alpha value is 2.37. The Balaban J connectivity index is -0.000000193. The van der Waals surface area contributed by atoms with Crippen molar-refractivity contribution in [2.24, 2.45) is 0 Å². The number of unbranched alkanes of at least 4 members (excludes halogenated alkanes) is 3. The Morgan fingerprint density at radius 2 is 0.680 bits per heavy atom. The molecular formula is C30H39Mo2O6P3S9. The summed E-state index contributed by atoms with van der Waals surface area (Å²) in [7, 11) is 0. The number of benzene rings is 3. The Bertz CT molecular complexity index is 1280. The molecule has 20 heteroatoms. The molecule has 50 heavy (non-hydrogen) atoms. The van der Waals surface area contributed by atoms with Crippen molar-refractivity contribution in [3.05, 3.63) is 89.5 Å². The maximum atomic E-state index is 11.2. The number of rotatable bonds is 15. The van der Waals surface area contributed by atoms with E-state index in [9.17, 15) is 14.7 Å². The van der Waals surface area contributed by atoms with Crippen LogP contribution < -0.4 is 28.3 Å². The van der Waals surface area contributed by atoms with E-state index < -0.39 is 17.1 Å². The van der Waals surface area contributed by atoms with Crippen LogP contribution in [0.25, 0.3) is 0 Å². The summed E-state index contributed by atoms with van der Waals surface area (Å²) in [6.07, 6.45) is 9.22. The second-order valence-electron chi connectivity index (χ2n) is 9.75. The van der Waals surface area contributed by atoms with Gasteiger partial charge in [0.05, 0.1) is 0 Å². The van der Waals surface area contributed by atoms with Crippen LogP contribution in [-0.4, -0.2) is 0 Å². The molecule has 0 aromatic heterocycles. The molecule has 0 bridgehead atoms. The summed E-state index contributed by atoms with van der Waals surface area (Å²) in [5, 5.41) is 0. The van der Waals surface area contributed by atoms with Crippen molar-refractivity contribution in [3.8, 4) is 17.2 Å². The first-order chi connectivity index (χ1) is 21.1. The zero-order valence-electron chi connectivity index (χ0n) is 27.6. The molecule has 0 fully saturated rings. The smallest absolute Gasteiger partial charge is 2.00 e. The minimum atomic E-state index is -3.28. The minimum Gasteiger partial charge on any atom is -2.00 e. The van der Waals surface area contributed by atoms with E-state index in [-0.39, 0.29) is 82.6 Å². The largest absolute Gasteiger partial charge is 6.00 e. The van der Waals surface area contributed by atoms with Gasteiger partial charge in [-0.15, -0.1) is 0 Å². The zero-order valence-corrected chi connectivity index (χ0v) is 41.6. The van der Waals surface area contributed by atoms with Crippen molar-refractivity contribution in [1.82, 2.24) is 0 Å². The molecule has 3 unspecified atom stereocenters. The normalized spacial score (nSPS) is 13.1. The molecule has 0 radical (unpaired) electrons. The van der Waals surface area contributed by atoms with Crippen LogP contribution in [0.15, 0.2) is 72.8 Å². The zero-order chi connectivity index (χ0) is 33.9. The Morgan fingerprint density at radius 3 is 0.860 bits per heavy atom. The van der Waals surface area contributed by atoms with Gasteiger partial charge in [0.2, 0.25) is 0 Å². The number of hydrogen-bond donors (Lipinski definition) is 0. The quantitative estimate of drug-likeness (QED) is 0.0853. The van der Waals surface area contributed by atoms with Crippen LogP contribution >= 0.6 is 17.1 Å². The van der Waals surface area contributed by atoms with E-state index in [0.717, 1.165) is 74.5 Å². The van der Waals surface area contributed by atoms with Crippen LogP contribution in [-0.2, 0) is 174 Å². The Kier molecular flexibility index (Phi) is 41.3. The fraction of sp³-hybridized carbons (Fsp3) is 0.400. The predicted octanol–water partition coefficient (Wildman–Crippen LogP) is 7.61. The van der Waals surface area contributed by atoms with E-state index in [1.165, 1.54) is 0 Å². The molecular weight excluding hydrogens is 1030 g/mol. The Morgan fingerprint density at radius 1 is 0.480 bits per heavy atom. The van der Waals surface area contributed by atoms with Crippen LogP contribution in [0.4, 0.5) is 0 Å². The minimum absolute atomic E-state index is 0. The molecule has 3 aromatic carbocycles. The van der Waals surface area contributed by atoms with Crippen molar-refractivity contribution >= 4 is 130 Å². The molecule has 0 aliphatic heterocycles. The topological polar surface area (TPSA) is 96.9 Å². The third-order valence-electron chi connectivity index (χ3n) is 5.95. The molecule has 0 heterocycles. The fourth-order valence-corrected chi connectivity index (χ4v) is 6.56. The number of hydrogen-bond acceptors (Lipinski definition) is 12. The number of para-hydroxylation sites is 3. The van der Waals surface area contributed by atoms with Gasteiger partial charge in [0, 0.05) is 0 Å². The van der Waals surface area contributed by atoms with E-state index in [0.29, 0.717) is 17.2 Å². The first-order valence-corrected chi connectivity index (χ1v) is 25.4. The van der Waals surface area contributed by atoms with Gasteiger partial charge >= 0.3 is 42.1 Å². The molecule has 0 amide bonds. The summed E-state index contributed by atoms with van der Waals surface area (Å²) in [5.41, 5.74) is -6.77. The van der Waals surface area contributed by atoms with Gasteiger partial charge in [-0.2, -0.15) is 0 Å². The van der Waals surface area contributed by atoms with Gasteiger partial charge in [-0.05, 0) is 73.4 Å². The molecule has 3 rings (SSSR count). The van der Waals surface area contributed by atoms with Crippen molar-refractivity contribution in [3.63, 3.8) is 0 Å². The third-order valence-corrected chi connectivity index (χ3v) is 8.55. The third kappa shape index (κ3) is 31.6. The molecule has 0 saturated heterocycles. The standard InChI is InChI=1S/3C10H15O2PS2.2Mo.3S/c3*1-2-3-6-9-7-4-5-8-10(9)12-13(11,14)15;;;;;/h3*4-5,7-8H,2-3,6H2,1H3,(H2,11,14,15);;;;;/q;;;2*+6;3*-2/p-6. The average molecular weight is 1070 g/mol. The second kappa shape index (κ2) is 33.5. The fourth-order valence-electron chi connectivity index (χ4n) is 3.86. The first-order valence-electron chi connectivity index (χ1n) is 14.5. The van der Waals surface area contributed by atoms with Gasteiger partial charge in [-0.3, -0.25) is 0 Å². The molecule has 0 saturated carbocycles. The van der Waals surface area contributed by atoms with Crippen molar-refractivity contribution in [2.45, 2.75) is 78.6 Å². The van der Waals surface area contributed by atoms with E-state index in [1.54, 1.807) is 18.2 Å². The molecule has 6 nitrogen and oxygen atoms in total. The number of aryl methyl sites for hydroxylation is 3. The predicted molar refractivity (Wildman–Crippen MR) is 224 cm³/mol. The molecule has 276 valence electrons. The summed E-state index contributed by atoms with van der Waals surface area (Å²) in [6, 6.07) is 22.4. The van der Waals surface area contributed by atoms with Gasteiger partial charge in [0.15, 0.2) is 0 Å². The molecule has 0 aliphatic carbocycles. The summed E-state index contributed by atoms with van der Waals surface area (Å²) in [6.45, 7) is 6.36. The maximum absolute atomic E-state index is 11.2. The molecule has 3 atom stereocenters. The maximum Gasteiger partial charge on any atom is 6.00 e. The van der Waals surface area contributed by atoms with Crippen molar-refractivity contribution in [1.29, 1.82) is 0 Å². The van der Waals surface area contributed by atoms with Crippen molar-refractivity contribution in [2.75, 3.05) is 0 Å². The second-order valence-corrected chi connectivity index (χ2v) is 23.7. The summed E-state index contributed by atoms with van der Waals surface area (Å²) >= 11 is 27.5. The van der Waals surface area contributed by atoms with E-state index in [4.69, 9.17) is 13.6 Å². The first kappa shape index (κ1) is 61.6. The molecule has 0 N–H and O–H groups in total. The van der Waals surface area contributed by atoms with E-state index in [1.807, 2.05) is 54.6 Å². The molecule has 0 spiro atoms. The van der Waals surface area contributed by atoms with Gasteiger partial charge in [-0.25, -0.2) is 0 Å². The van der Waals surface area contributed by atoms with Crippen LogP contribution in [0.5, 0.6) is 17.2 Å². The summed E-state index contributed by atoms with van der Waals surface area (Å²) in [5.74, 6) is 1.71. The van der Waals surface area contributed by atoms with E-state index in [2.05, 4.69) is 92.9 Å². The van der Waals surface area contributed by atoms with Gasteiger partial charge in [-0.1, -0.05) is 147 Å². The monoisotopic (exact) mass is 1070 g/mol. The van der Waals surface area contributed by atoms with Crippen molar-refractivity contribution < 1.29 is 70.4 Å². The van der Waals surface area contributed by atoms with Gasteiger partial charge < -0.3 is 105 Å². The van der Waals surface area contributed by atoms with Gasteiger partial charge in [0.25, 0.3) is 0 Å². The summed E-state index contributed by atoms with van der Waals surface area (Å²) < 4.78 is 15.3. The SMILES string of the molecule is CCCCc1ccccc1OP([O-])(=S)[S-].CCCCc1ccccc1OP([O-])(=S)[S-].CCCCc1ccccc1OP([O-])(=S)[S-].[Mo+6].[Mo+6].[S-2].[S-2].[S-2]. The van der Waals surface area contributed by atoms with Crippen LogP contribution in [0.3, 0.4) is 0 Å². The van der Waals surface area contributed by atoms with Crippen LogP contribution in [0.2, 0.25) is 0 Å². The molecule has 3 aromatic rings. The van der Waals surface area contributed by atoms with Crippen LogP contribution in [0.1, 0.15) is 76.0 Å². The average Bonchev–Trinajstić information content (AvgIpc) is 2.94. The van der Waals surface area contributed by atoms with E-state index >= 15 is 0 Å². The summed E-state index contributed by atoms with van der Waals surface area (Å²) in [4.78, 5) is 33.7. The molecule has 0 aliphatic rings. The van der Waals surface area contributed by atoms with Crippen LogP contribution in [0, 0.1) is 0 Å². The van der Waals surface area contributed by atoms with Gasteiger partial charge in [0.1, 0.15) is 17.2 Å².